The molecule has 2 fully saturated rings. The molecule has 0 radical (unpaired) electrons. The summed E-state index contributed by atoms with van der Waals surface area (Å²) < 4.78 is 6.28. The first-order valence-corrected chi connectivity index (χ1v) is 9.73. The molecule has 25 heavy (non-hydrogen) atoms. The first-order chi connectivity index (χ1) is 11.6. The number of pyridine rings is 1. The number of carbonyl (C=O) groups excluding carboxylic acids is 1. The van der Waals surface area contributed by atoms with E-state index in [4.69, 9.17) is 4.74 Å². The summed E-state index contributed by atoms with van der Waals surface area (Å²) in [6.07, 6.45) is 5.77. The predicted molar refractivity (Wildman–Crippen MR) is 99.2 cm³/mol. The summed E-state index contributed by atoms with van der Waals surface area (Å²) in [4.78, 5) is 18.4. The van der Waals surface area contributed by atoms with E-state index in [2.05, 4.69) is 20.9 Å². The maximum absolute atomic E-state index is 12.3. The highest BCUT2D eigenvalue weighted by Gasteiger charge is 2.47. The second kappa shape index (κ2) is 6.54. The molecule has 2 aliphatic rings. The molecule has 0 aromatic carbocycles. The molecule has 0 unspecified atom stereocenters. The molecule has 1 saturated carbocycles. The molecule has 138 valence electrons. The van der Waals surface area contributed by atoms with Crippen LogP contribution >= 0.6 is 15.9 Å². The van der Waals surface area contributed by atoms with Gasteiger partial charge >= 0.3 is 6.09 Å². The molecule has 1 aliphatic carbocycles. The molecule has 0 atom stereocenters. The first kappa shape index (κ1) is 18.6. The third-order valence-corrected chi connectivity index (χ3v) is 5.96. The van der Waals surface area contributed by atoms with Crippen molar-refractivity contribution in [3.05, 3.63) is 28.5 Å². The summed E-state index contributed by atoms with van der Waals surface area (Å²) in [7, 11) is 0. The molecule has 1 amide bonds. The van der Waals surface area contributed by atoms with E-state index in [1.165, 1.54) is 0 Å². The molecule has 1 aliphatic heterocycles. The summed E-state index contributed by atoms with van der Waals surface area (Å²) in [5.74, 6) is 0. The molecule has 1 N–H and O–H groups in total. The smallest absolute Gasteiger partial charge is 0.410 e. The van der Waals surface area contributed by atoms with Gasteiger partial charge in [-0.1, -0.05) is 6.07 Å². The number of ether oxygens (including phenoxy) is 1. The van der Waals surface area contributed by atoms with E-state index in [9.17, 15) is 9.90 Å². The second-order valence-corrected chi connectivity index (χ2v) is 9.37. The van der Waals surface area contributed by atoms with Crippen LogP contribution in [0.3, 0.4) is 0 Å². The van der Waals surface area contributed by atoms with Crippen molar-refractivity contribution in [2.75, 3.05) is 13.1 Å². The number of aliphatic hydroxyl groups is 1. The number of halogens is 1. The zero-order valence-corrected chi connectivity index (χ0v) is 16.8. The number of amides is 1. The van der Waals surface area contributed by atoms with Crippen LogP contribution in [0.1, 0.15) is 58.4 Å². The van der Waals surface area contributed by atoms with Gasteiger partial charge in [-0.2, -0.15) is 0 Å². The number of carbonyl (C=O) groups is 1. The third-order valence-electron chi connectivity index (χ3n) is 5.49. The van der Waals surface area contributed by atoms with Crippen LogP contribution in [0, 0.1) is 5.41 Å². The quantitative estimate of drug-likeness (QED) is 0.703. The Hall–Kier alpha value is -1.14. The molecule has 5 nitrogen and oxygen atoms in total. The number of hydrogen-bond donors (Lipinski definition) is 1. The van der Waals surface area contributed by atoms with Crippen molar-refractivity contribution in [3.8, 4) is 0 Å². The molecule has 1 aromatic heterocycles. The lowest BCUT2D eigenvalue weighted by molar-refractivity contribution is -0.0375. The summed E-state index contributed by atoms with van der Waals surface area (Å²) in [5.41, 5.74) is -0.272. The third kappa shape index (κ3) is 4.17. The fourth-order valence-corrected chi connectivity index (χ4v) is 4.19. The van der Waals surface area contributed by atoms with Gasteiger partial charge in [-0.3, -0.25) is 0 Å². The molecule has 2 heterocycles. The summed E-state index contributed by atoms with van der Waals surface area (Å²) in [6, 6.07) is 3.81. The van der Waals surface area contributed by atoms with Gasteiger partial charge in [0.2, 0.25) is 0 Å². The Morgan fingerprint density at radius 2 is 1.92 bits per heavy atom. The van der Waals surface area contributed by atoms with Gasteiger partial charge < -0.3 is 14.7 Å². The van der Waals surface area contributed by atoms with Crippen LogP contribution < -0.4 is 0 Å². The van der Waals surface area contributed by atoms with Crippen LogP contribution in [0.5, 0.6) is 0 Å². The van der Waals surface area contributed by atoms with E-state index < -0.39 is 11.2 Å². The average molecular weight is 411 g/mol. The van der Waals surface area contributed by atoms with Crippen molar-refractivity contribution in [3.63, 3.8) is 0 Å². The Kier molecular flexibility index (Phi) is 4.88. The predicted octanol–water partition coefficient (Wildman–Crippen LogP) is 4.23. The Morgan fingerprint density at radius 3 is 2.48 bits per heavy atom. The van der Waals surface area contributed by atoms with E-state index in [-0.39, 0.29) is 11.5 Å². The van der Waals surface area contributed by atoms with Gasteiger partial charge in [0.25, 0.3) is 0 Å². The van der Waals surface area contributed by atoms with Crippen LogP contribution in [-0.2, 0) is 10.3 Å². The van der Waals surface area contributed by atoms with Gasteiger partial charge in [-0.05, 0) is 80.3 Å². The van der Waals surface area contributed by atoms with Crippen molar-refractivity contribution in [2.45, 2.75) is 64.1 Å². The maximum Gasteiger partial charge on any atom is 0.410 e. The maximum atomic E-state index is 12.3. The van der Waals surface area contributed by atoms with Gasteiger partial charge in [0.15, 0.2) is 0 Å². The zero-order chi connectivity index (χ0) is 18.3. The number of likely N-dealkylation sites (tertiary alicyclic amines) is 1. The minimum Gasteiger partial charge on any atom is -0.444 e. The fraction of sp³-hybridized carbons (Fsp3) is 0.684. The van der Waals surface area contributed by atoms with Gasteiger partial charge in [-0.25, -0.2) is 9.78 Å². The van der Waals surface area contributed by atoms with Gasteiger partial charge in [-0.15, -0.1) is 0 Å². The van der Waals surface area contributed by atoms with E-state index in [0.717, 1.165) is 42.5 Å². The van der Waals surface area contributed by atoms with Crippen molar-refractivity contribution >= 4 is 22.0 Å². The molecular formula is C19H27BrN2O3. The molecule has 1 aromatic rings. The Bertz CT molecular complexity index is 631. The highest BCUT2D eigenvalue weighted by Crippen LogP contribution is 2.50. The average Bonchev–Trinajstić information content (AvgIpc) is 2.94. The van der Waals surface area contributed by atoms with Crippen molar-refractivity contribution in [1.82, 2.24) is 9.88 Å². The van der Waals surface area contributed by atoms with Crippen LogP contribution in [0.4, 0.5) is 4.79 Å². The molecule has 1 spiro atoms. The molecule has 0 bridgehead atoms. The van der Waals surface area contributed by atoms with Crippen LogP contribution in [-0.4, -0.2) is 39.8 Å². The topological polar surface area (TPSA) is 62.7 Å². The largest absolute Gasteiger partial charge is 0.444 e. The monoisotopic (exact) mass is 410 g/mol. The number of nitrogens with zero attached hydrogens (tertiary/aromatic N) is 2. The van der Waals surface area contributed by atoms with Crippen molar-refractivity contribution in [1.29, 1.82) is 0 Å². The lowest BCUT2D eigenvalue weighted by atomic mass is 9.66. The minimum atomic E-state index is -0.807. The first-order valence-electron chi connectivity index (χ1n) is 8.93. The SMILES string of the molecule is CC(C)(C)OC(=O)N1CCC2(CCC(O)(c3ccc(Br)nc3)CC2)C1. The normalized spacial score (nSPS) is 29.9. The van der Waals surface area contributed by atoms with Gasteiger partial charge in [0.05, 0.1) is 5.60 Å². The fourth-order valence-electron chi connectivity index (χ4n) is 3.96. The van der Waals surface area contributed by atoms with E-state index in [0.29, 0.717) is 12.8 Å². The number of aromatic nitrogens is 1. The molecule has 6 heteroatoms. The van der Waals surface area contributed by atoms with Crippen LogP contribution in [0.15, 0.2) is 22.9 Å². The van der Waals surface area contributed by atoms with Gasteiger partial charge in [0, 0.05) is 24.8 Å². The van der Waals surface area contributed by atoms with E-state index in [1.54, 1.807) is 6.20 Å². The van der Waals surface area contributed by atoms with Crippen LogP contribution in [0.25, 0.3) is 0 Å². The van der Waals surface area contributed by atoms with Crippen molar-refractivity contribution in [2.24, 2.45) is 5.41 Å². The lowest BCUT2D eigenvalue weighted by Crippen LogP contribution is -2.41. The number of hydrogen-bond acceptors (Lipinski definition) is 4. The Labute approximate surface area is 157 Å². The standard InChI is InChI=1S/C19H27BrN2O3/c1-17(2,3)25-16(23)22-11-10-18(13-22)6-8-19(24,9-7-18)14-4-5-15(20)21-12-14/h4-5,12,24H,6-11,13H2,1-3H3. The van der Waals surface area contributed by atoms with Crippen molar-refractivity contribution < 1.29 is 14.6 Å². The molecule has 3 rings (SSSR count). The summed E-state index contributed by atoms with van der Waals surface area (Å²) in [6.45, 7) is 7.15. The summed E-state index contributed by atoms with van der Waals surface area (Å²) in [5, 5.41) is 11.0. The van der Waals surface area contributed by atoms with E-state index in [1.807, 2.05) is 37.8 Å². The van der Waals surface area contributed by atoms with Crippen LogP contribution in [0.2, 0.25) is 0 Å². The summed E-state index contributed by atoms with van der Waals surface area (Å²) >= 11 is 3.33. The Morgan fingerprint density at radius 1 is 1.24 bits per heavy atom. The Balaban J connectivity index is 1.62. The highest BCUT2D eigenvalue weighted by molar-refractivity contribution is 9.10. The van der Waals surface area contributed by atoms with E-state index >= 15 is 0 Å². The molecular weight excluding hydrogens is 384 g/mol. The minimum absolute atomic E-state index is 0.117. The number of rotatable bonds is 1. The highest BCUT2D eigenvalue weighted by atomic mass is 79.9. The lowest BCUT2D eigenvalue weighted by Gasteiger charge is -2.42. The van der Waals surface area contributed by atoms with Gasteiger partial charge in [0.1, 0.15) is 10.2 Å². The molecule has 1 saturated heterocycles. The second-order valence-electron chi connectivity index (χ2n) is 8.55. The zero-order valence-electron chi connectivity index (χ0n) is 15.2.